The number of H-pyrrole nitrogens is 1. The van der Waals surface area contributed by atoms with Gasteiger partial charge in [-0.15, -0.1) is 0 Å². The maximum absolute atomic E-state index is 10.6. The van der Waals surface area contributed by atoms with Gasteiger partial charge < -0.3 is 14.9 Å². The van der Waals surface area contributed by atoms with Crippen LogP contribution in [0.2, 0.25) is 0 Å². The van der Waals surface area contributed by atoms with E-state index in [-0.39, 0.29) is 5.69 Å². The molecule has 1 unspecified atom stereocenters. The van der Waals surface area contributed by atoms with Crippen LogP contribution in [0.1, 0.15) is 12.6 Å². The van der Waals surface area contributed by atoms with Gasteiger partial charge in [-0.3, -0.25) is 4.57 Å². The smallest absolute Gasteiger partial charge is 0.328 e. The Hall–Kier alpha value is -0.750. The Morgan fingerprint density at radius 2 is 2.31 bits per heavy atom. The second-order valence-corrected chi connectivity index (χ2v) is 4.60. The molecular weight excluding hydrogens is 197 g/mol. The minimum absolute atomic E-state index is 0.107. The largest absolute Gasteiger partial charge is 0.383 e. The summed E-state index contributed by atoms with van der Waals surface area (Å²) in [5.74, 6) is 0. The van der Waals surface area contributed by atoms with E-state index in [4.69, 9.17) is 9.79 Å². The van der Waals surface area contributed by atoms with Crippen LogP contribution in [0.25, 0.3) is 0 Å². The second-order valence-electron chi connectivity index (χ2n) is 2.95. The molecule has 0 radical (unpaired) electrons. The van der Waals surface area contributed by atoms with Crippen LogP contribution in [0.3, 0.4) is 0 Å². The summed E-state index contributed by atoms with van der Waals surface area (Å²) in [6.45, 7) is 1.27. The van der Waals surface area contributed by atoms with E-state index in [1.54, 1.807) is 0 Å². The number of aliphatic hydroxyl groups is 1. The van der Waals surface area contributed by atoms with E-state index in [1.807, 2.05) is 0 Å². The van der Waals surface area contributed by atoms with Crippen LogP contribution >= 0.6 is 7.60 Å². The Balaban J connectivity index is 2.84. The van der Waals surface area contributed by atoms with E-state index in [9.17, 15) is 9.67 Å². The second kappa shape index (κ2) is 3.19. The lowest BCUT2D eigenvalue weighted by molar-refractivity contribution is 0.0717. The SMILES string of the molecule is CC(O)(CP(=O)(O)O)c1cn[nH]n1. The number of aromatic amines is 1. The van der Waals surface area contributed by atoms with Gasteiger partial charge in [-0.1, -0.05) is 0 Å². The number of aromatic nitrogens is 3. The third kappa shape index (κ3) is 2.89. The topological polar surface area (TPSA) is 119 Å². The van der Waals surface area contributed by atoms with Crippen molar-refractivity contribution < 1.29 is 19.5 Å². The van der Waals surface area contributed by atoms with E-state index in [0.29, 0.717) is 0 Å². The molecule has 0 aliphatic heterocycles. The molecule has 0 fully saturated rings. The first kappa shape index (κ1) is 10.3. The van der Waals surface area contributed by atoms with E-state index >= 15 is 0 Å². The number of hydrogen-bond donors (Lipinski definition) is 4. The Labute approximate surface area is 74.0 Å². The highest BCUT2D eigenvalue weighted by molar-refractivity contribution is 7.51. The predicted molar refractivity (Wildman–Crippen MR) is 42.9 cm³/mol. The maximum Gasteiger partial charge on any atom is 0.328 e. The monoisotopic (exact) mass is 207 g/mol. The van der Waals surface area contributed by atoms with Gasteiger partial charge in [0.25, 0.3) is 0 Å². The summed E-state index contributed by atoms with van der Waals surface area (Å²) < 4.78 is 10.6. The molecule has 8 heteroatoms. The average Bonchev–Trinajstić information content (AvgIpc) is 2.29. The highest BCUT2D eigenvalue weighted by Crippen LogP contribution is 2.41. The van der Waals surface area contributed by atoms with Gasteiger partial charge in [0.1, 0.15) is 11.3 Å². The molecule has 4 N–H and O–H groups in total. The number of rotatable bonds is 3. The van der Waals surface area contributed by atoms with Crippen molar-refractivity contribution in [3.63, 3.8) is 0 Å². The molecule has 0 aliphatic carbocycles. The molecule has 7 nitrogen and oxygen atoms in total. The fraction of sp³-hybridized carbons (Fsp3) is 0.600. The molecule has 74 valence electrons. The molecule has 13 heavy (non-hydrogen) atoms. The minimum Gasteiger partial charge on any atom is -0.383 e. The quantitative estimate of drug-likeness (QED) is 0.481. The minimum atomic E-state index is -4.26. The summed E-state index contributed by atoms with van der Waals surface area (Å²) in [6, 6.07) is 0. The van der Waals surface area contributed by atoms with Crippen LogP contribution in [0.15, 0.2) is 6.20 Å². The van der Waals surface area contributed by atoms with Crippen molar-refractivity contribution in [3.8, 4) is 0 Å². The molecule has 1 heterocycles. The maximum atomic E-state index is 10.6. The van der Waals surface area contributed by atoms with Crippen molar-refractivity contribution in [2.75, 3.05) is 6.16 Å². The van der Waals surface area contributed by atoms with Gasteiger partial charge in [-0.05, 0) is 6.92 Å². The number of hydrogen-bond acceptors (Lipinski definition) is 4. The third-order valence-electron chi connectivity index (χ3n) is 1.48. The van der Waals surface area contributed by atoms with Gasteiger partial charge in [0.2, 0.25) is 0 Å². The first-order valence-electron chi connectivity index (χ1n) is 3.44. The lowest BCUT2D eigenvalue weighted by Gasteiger charge is -2.20. The van der Waals surface area contributed by atoms with E-state index in [1.165, 1.54) is 13.1 Å². The van der Waals surface area contributed by atoms with Crippen molar-refractivity contribution in [2.45, 2.75) is 12.5 Å². The Kier molecular flexibility index (Phi) is 2.53. The van der Waals surface area contributed by atoms with Crippen molar-refractivity contribution in [1.29, 1.82) is 0 Å². The van der Waals surface area contributed by atoms with Gasteiger partial charge >= 0.3 is 7.60 Å². The summed E-state index contributed by atoms with van der Waals surface area (Å²) >= 11 is 0. The molecule has 0 aliphatic rings. The summed E-state index contributed by atoms with van der Waals surface area (Å²) in [5.41, 5.74) is -1.55. The van der Waals surface area contributed by atoms with Gasteiger partial charge in [0.05, 0.1) is 12.4 Å². The number of nitrogens with zero attached hydrogens (tertiary/aromatic N) is 2. The molecule has 0 saturated carbocycles. The van der Waals surface area contributed by atoms with Gasteiger partial charge in [-0.25, -0.2) is 0 Å². The van der Waals surface area contributed by atoms with Crippen molar-refractivity contribution in [2.24, 2.45) is 0 Å². The summed E-state index contributed by atoms with van der Waals surface area (Å²) in [7, 11) is -4.26. The van der Waals surface area contributed by atoms with Crippen LogP contribution in [0.5, 0.6) is 0 Å². The number of nitrogens with one attached hydrogen (secondary N) is 1. The highest BCUT2D eigenvalue weighted by atomic mass is 31.2. The Morgan fingerprint density at radius 1 is 1.69 bits per heavy atom. The van der Waals surface area contributed by atoms with Crippen molar-refractivity contribution in [3.05, 3.63) is 11.9 Å². The molecule has 0 saturated heterocycles. The zero-order chi connectivity index (χ0) is 10.1. The molecule has 0 spiro atoms. The molecule has 1 aromatic rings. The molecule has 1 rings (SSSR count). The molecular formula is C5H10N3O4P. The molecule has 0 aromatic carbocycles. The van der Waals surface area contributed by atoms with Gasteiger partial charge in [0.15, 0.2) is 0 Å². The van der Waals surface area contributed by atoms with Gasteiger partial charge in [-0.2, -0.15) is 15.4 Å². The molecule has 0 amide bonds. The summed E-state index contributed by atoms with van der Waals surface area (Å²) in [5, 5.41) is 18.8. The fourth-order valence-electron chi connectivity index (χ4n) is 0.943. The van der Waals surface area contributed by atoms with Gasteiger partial charge in [0, 0.05) is 0 Å². The standard InChI is InChI=1S/C5H10N3O4P/c1-5(9,3-13(10,11)12)4-2-6-8-7-4/h2,9H,3H2,1H3,(H,6,7,8)(H2,10,11,12). The summed E-state index contributed by atoms with van der Waals surface area (Å²) in [4.78, 5) is 17.3. The lowest BCUT2D eigenvalue weighted by Crippen LogP contribution is -2.26. The fourth-order valence-corrected chi connectivity index (χ4v) is 1.91. The lowest BCUT2D eigenvalue weighted by atomic mass is 10.1. The van der Waals surface area contributed by atoms with Crippen LogP contribution in [0, 0.1) is 0 Å². The zero-order valence-corrected chi connectivity index (χ0v) is 7.77. The Bertz CT molecular complexity index is 317. The highest BCUT2D eigenvalue weighted by Gasteiger charge is 2.34. The van der Waals surface area contributed by atoms with Crippen LogP contribution < -0.4 is 0 Å². The Morgan fingerprint density at radius 3 is 2.69 bits per heavy atom. The normalized spacial score (nSPS) is 16.9. The molecule has 1 atom stereocenters. The van der Waals surface area contributed by atoms with Crippen LogP contribution in [-0.2, 0) is 10.2 Å². The van der Waals surface area contributed by atoms with Crippen molar-refractivity contribution >= 4 is 7.60 Å². The van der Waals surface area contributed by atoms with E-state index in [2.05, 4.69) is 15.4 Å². The zero-order valence-electron chi connectivity index (χ0n) is 6.88. The van der Waals surface area contributed by atoms with Crippen molar-refractivity contribution in [1.82, 2.24) is 15.4 Å². The molecule has 0 bridgehead atoms. The predicted octanol–water partition coefficient (Wildman–Crippen LogP) is -0.810. The van der Waals surface area contributed by atoms with E-state index in [0.717, 1.165) is 0 Å². The van der Waals surface area contributed by atoms with Crippen LogP contribution in [0.4, 0.5) is 0 Å². The first-order chi connectivity index (χ1) is 5.81. The van der Waals surface area contributed by atoms with Crippen LogP contribution in [-0.4, -0.2) is 36.5 Å². The van der Waals surface area contributed by atoms with E-state index < -0.39 is 19.4 Å². The average molecular weight is 207 g/mol. The molecule has 1 aromatic heterocycles. The third-order valence-corrected chi connectivity index (χ3v) is 2.51. The first-order valence-corrected chi connectivity index (χ1v) is 5.24. The summed E-state index contributed by atoms with van der Waals surface area (Å²) in [6.07, 6.45) is 0.544.